The summed E-state index contributed by atoms with van der Waals surface area (Å²) in [5.41, 5.74) is 4.73. The summed E-state index contributed by atoms with van der Waals surface area (Å²) < 4.78 is 0. The zero-order chi connectivity index (χ0) is 12.1. The van der Waals surface area contributed by atoms with Gasteiger partial charge in [0.1, 0.15) is 0 Å². The molecule has 1 fully saturated rings. The number of hydrogen-bond acceptors (Lipinski definition) is 4. The van der Waals surface area contributed by atoms with Crippen LogP contribution in [-0.4, -0.2) is 41.6 Å². The minimum atomic E-state index is -0.389. The molecule has 1 saturated heterocycles. The fourth-order valence-corrected chi connectivity index (χ4v) is 1.06. The molecule has 0 aromatic heterocycles. The number of rotatable bonds is 3. The summed E-state index contributed by atoms with van der Waals surface area (Å²) in [5.74, 6) is 0.689. The minimum Gasteiger partial charge on any atom is -0.392 e. The predicted octanol–water partition coefficient (Wildman–Crippen LogP) is -0.0613. The average Bonchev–Trinajstić information content (AvgIpc) is 2.13. The van der Waals surface area contributed by atoms with Gasteiger partial charge in [0.25, 0.3) is 0 Å². The lowest BCUT2D eigenvalue weighted by Crippen LogP contribution is -2.62. The van der Waals surface area contributed by atoms with Gasteiger partial charge < -0.3 is 21.3 Å². The van der Waals surface area contributed by atoms with Gasteiger partial charge in [-0.3, -0.25) is 0 Å². The van der Waals surface area contributed by atoms with E-state index in [0.29, 0.717) is 18.4 Å². The number of nitrogens with one attached hydrogen (secondary N) is 1. The third-order valence-corrected chi connectivity index (χ3v) is 2.95. The van der Waals surface area contributed by atoms with Crippen molar-refractivity contribution in [3.8, 4) is 0 Å². The van der Waals surface area contributed by atoms with Crippen LogP contribution in [0.15, 0.2) is 0 Å². The van der Waals surface area contributed by atoms with Gasteiger partial charge in [-0.1, -0.05) is 27.7 Å². The SMILES string of the molecule is CC(C)C(O)CN.CC(C)C1(O)CNC1. The molecule has 0 aromatic carbocycles. The molecule has 0 aromatic rings. The topological polar surface area (TPSA) is 78.5 Å². The van der Waals surface area contributed by atoms with Crippen LogP contribution in [0.5, 0.6) is 0 Å². The number of aliphatic hydroxyl groups is 2. The largest absolute Gasteiger partial charge is 0.392 e. The molecule has 15 heavy (non-hydrogen) atoms. The first-order chi connectivity index (χ1) is 6.83. The molecule has 0 saturated carbocycles. The van der Waals surface area contributed by atoms with Crippen molar-refractivity contribution in [1.29, 1.82) is 0 Å². The Hall–Kier alpha value is -0.160. The maximum Gasteiger partial charge on any atom is 0.0917 e. The van der Waals surface area contributed by atoms with E-state index in [-0.39, 0.29) is 11.7 Å². The van der Waals surface area contributed by atoms with Crippen molar-refractivity contribution >= 4 is 0 Å². The number of β-amino-alcohol motifs (C(OH)–C–C–N with tert-alkyl or cyclic N) is 1. The standard InChI is InChI=1S/C6H13NO.C5H13NO/c1-5(2)6(8)3-7-4-6;1-4(2)5(7)3-6/h5,7-8H,3-4H2,1-2H3;4-5,7H,3,6H2,1-2H3. The summed E-state index contributed by atoms with van der Waals surface area (Å²) in [7, 11) is 0. The van der Waals surface area contributed by atoms with E-state index in [1.807, 2.05) is 27.7 Å². The molecule has 0 radical (unpaired) electrons. The normalized spacial score (nSPS) is 20.6. The van der Waals surface area contributed by atoms with Crippen molar-refractivity contribution in [1.82, 2.24) is 5.32 Å². The van der Waals surface area contributed by atoms with Crippen LogP contribution in [0.3, 0.4) is 0 Å². The maximum absolute atomic E-state index is 9.42. The van der Waals surface area contributed by atoms with Crippen molar-refractivity contribution < 1.29 is 10.2 Å². The molecule has 1 unspecified atom stereocenters. The van der Waals surface area contributed by atoms with Crippen LogP contribution in [0.1, 0.15) is 27.7 Å². The first-order valence-corrected chi connectivity index (χ1v) is 5.64. The summed E-state index contributed by atoms with van der Waals surface area (Å²) in [6.07, 6.45) is -0.319. The summed E-state index contributed by atoms with van der Waals surface area (Å²) in [6, 6.07) is 0. The van der Waals surface area contributed by atoms with Gasteiger partial charge in [-0.25, -0.2) is 0 Å². The van der Waals surface area contributed by atoms with Gasteiger partial charge in [0.05, 0.1) is 11.7 Å². The lowest BCUT2D eigenvalue weighted by atomic mass is 9.85. The van der Waals surface area contributed by atoms with E-state index in [0.717, 1.165) is 13.1 Å². The van der Waals surface area contributed by atoms with Crippen molar-refractivity contribution in [3.63, 3.8) is 0 Å². The molecule has 4 heteroatoms. The third-order valence-electron chi connectivity index (χ3n) is 2.95. The molecule has 1 atom stereocenters. The van der Waals surface area contributed by atoms with Gasteiger partial charge in [0.2, 0.25) is 0 Å². The van der Waals surface area contributed by atoms with Gasteiger partial charge in [-0.15, -0.1) is 0 Å². The molecular weight excluding hydrogens is 192 g/mol. The number of hydrogen-bond donors (Lipinski definition) is 4. The fraction of sp³-hybridized carbons (Fsp3) is 1.00. The van der Waals surface area contributed by atoms with Crippen molar-refractivity contribution in [2.24, 2.45) is 17.6 Å². The zero-order valence-electron chi connectivity index (χ0n) is 10.3. The van der Waals surface area contributed by atoms with Gasteiger partial charge in [-0.05, 0) is 11.8 Å². The highest BCUT2D eigenvalue weighted by Gasteiger charge is 2.36. The molecule has 1 aliphatic rings. The molecular formula is C11H26N2O2. The van der Waals surface area contributed by atoms with E-state index in [9.17, 15) is 5.11 Å². The molecule has 0 aliphatic carbocycles. The van der Waals surface area contributed by atoms with E-state index in [1.54, 1.807) is 0 Å². The number of aliphatic hydroxyl groups excluding tert-OH is 1. The van der Waals surface area contributed by atoms with Crippen LogP contribution in [0.2, 0.25) is 0 Å². The van der Waals surface area contributed by atoms with Crippen molar-refractivity contribution in [2.45, 2.75) is 39.4 Å². The van der Waals surface area contributed by atoms with Gasteiger partial charge >= 0.3 is 0 Å². The van der Waals surface area contributed by atoms with Crippen molar-refractivity contribution in [3.05, 3.63) is 0 Å². The summed E-state index contributed by atoms with van der Waals surface area (Å²) in [5, 5.41) is 21.3. The molecule has 1 heterocycles. The maximum atomic E-state index is 9.42. The van der Waals surface area contributed by atoms with E-state index in [2.05, 4.69) is 5.32 Å². The Morgan fingerprint density at radius 3 is 1.73 bits per heavy atom. The molecule has 0 spiro atoms. The van der Waals surface area contributed by atoms with Crippen LogP contribution in [0.25, 0.3) is 0 Å². The molecule has 1 aliphatic heterocycles. The average molecular weight is 218 g/mol. The van der Waals surface area contributed by atoms with Crippen LogP contribution >= 0.6 is 0 Å². The van der Waals surface area contributed by atoms with Crippen LogP contribution in [0, 0.1) is 11.8 Å². The lowest BCUT2D eigenvalue weighted by Gasteiger charge is -2.41. The first kappa shape index (κ1) is 14.8. The number of nitrogens with two attached hydrogens (primary N) is 1. The van der Waals surface area contributed by atoms with E-state index in [1.165, 1.54) is 0 Å². The van der Waals surface area contributed by atoms with Crippen LogP contribution in [0.4, 0.5) is 0 Å². The Labute approximate surface area is 92.9 Å². The van der Waals surface area contributed by atoms with Gasteiger partial charge in [0, 0.05) is 19.6 Å². The smallest absolute Gasteiger partial charge is 0.0917 e. The Kier molecular flexibility index (Phi) is 6.36. The Morgan fingerprint density at radius 2 is 1.73 bits per heavy atom. The Bertz CT molecular complexity index is 168. The summed E-state index contributed by atoms with van der Waals surface area (Å²) in [6.45, 7) is 9.88. The van der Waals surface area contributed by atoms with Crippen LogP contribution < -0.4 is 11.1 Å². The summed E-state index contributed by atoms with van der Waals surface area (Å²) >= 11 is 0. The second kappa shape index (κ2) is 6.43. The minimum absolute atomic E-state index is 0.296. The van der Waals surface area contributed by atoms with E-state index in [4.69, 9.17) is 10.8 Å². The van der Waals surface area contributed by atoms with Crippen molar-refractivity contribution in [2.75, 3.05) is 19.6 Å². The highest BCUT2D eigenvalue weighted by atomic mass is 16.3. The molecule has 1 rings (SSSR count). The first-order valence-electron chi connectivity index (χ1n) is 5.64. The molecule has 5 N–H and O–H groups in total. The van der Waals surface area contributed by atoms with Gasteiger partial charge in [0.15, 0.2) is 0 Å². The van der Waals surface area contributed by atoms with E-state index < -0.39 is 0 Å². The second-order valence-electron chi connectivity index (χ2n) is 4.91. The Balaban J connectivity index is 0.000000265. The Morgan fingerprint density at radius 1 is 1.27 bits per heavy atom. The highest BCUT2D eigenvalue weighted by Crippen LogP contribution is 2.20. The third kappa shape index (κ3) is 4.93. The molecule has 4 nitrogen and oxygen atoms in total. The summed E-state index contributed by atoms with van der Waals surface area (Å²) in [4.78, 5) is 0. The van der Waals surface area contributed by atoms with Gasteiger partial charge in [-0.2, -0.15) is 0 Å². The van der Waals surface area contributed by atoms with Crippen LogP contribution in [-0.2, 0) is 0 Å². The monoisotopic (exact) mass is 218 g/mol. The second-order valence-corrected chi connectivity index (χ2v) is 4.91. The molecule has 0 bridgehead atoms. The molecule has 92 valence electrons. The fourth-order valence-electron chi connectivity index (χ4n) is 1.06. The lowest BCUT2D eigenvalue weighted by molar-refractivity contribution is -0.0495. The predicted molar refractivity (Wildman–Crippen MR) is 62.6 cm³/mol. The quantitative estimate of drug-likeness (QED) is 0.535. The zero-order valence-corrected chi connectivity index (χ0v) is 10.3. The molecule has 0 amide bonds. The van der Waals surface area contributed by atoms with E-state index >= 15 is 0 Å². The highest BCUT2D eigenvalue weighted by molar-refractivity contribution is 4.94.